The lowest BCUT2D eigenvalue weighted by molar-refractivity contribution is 0.0303. The van der Waals surface area contributed by atoms with Crippen molar-refractivity contribution in [3.8, 4) is 16.9 Å². The number of nitrogens with zero attached hydrogens (tertiary/aromatic N) is 1. The van der Waals surface area contributed by atoms with Gasteiger partial charge in [-0.3, -0.25) is 4.79 Å². The van der Waals surface area contributed by atoms with Crippen molar-refractivity contribution in [2.75, 3.05) is 33.4 Å². The Morgan fingerprint density at radius 3 is 2.50 bits per heavy atom. The summed E-state index contributed by atoms with van der Waals surface area (Å²) in [6.07, 6.45) is 2.08. The number of fused-ring (bicyclic) bond motifs is 1. The van der Waals surface area contributed by atoms with E-state index in [1.165, 1.54) is 13.2 Å². The molecule has 9 nitrogen and oxygen atoms in total. The van der Waals surface area contributed by atoms with E-state index >= 15 is 0 Å². The normalized spacial score (nSPS) is 15.1. The number of hydrogen-bond donors (Lipinski definition) is 3. The molecule has 1 atom stereocenters. The van der Waals surface area contributed by atoms with E-state index in [9.17, 15) is 18.3 Å². The molecule has 1 aromatic heterocycles. The Balaban J connectivity index is 1.44. The van der Waals surface area contributed by atoms with Gasteiger partial charge in [-0.05, 0) is 67.3 Å². The molecule has 0 saturated carbocycles. The zero-order valence-electron chi connectivity index (χ0n) is 23.7. The molecule has 0 bridgehead atoms. The molecule has 11 heteroatoms. The predicted octanol–water partition coefficient (Wildman–Crippen LogP) is 4.63. The number of hydrogen-bond acceptors (Lipinski definition) is 6. The average molecular weight is 612 g/mol. The maximum absolute atomic E-state index is 13.8. The summed E-state index contributed by atoms with van der Waals surface area (Å²) in [5, 5.41) is 12.2. The lowest BCUT2D eigenvalue weighted by Gasteiger charge is -2.30. The number of sulfonamides is 1. The minimum Gasteiger partial charge on any atom is -0.495 e. The summed E-state index contributed by atoms with van der Waals surface area (Å²) in [7, 11) is -2.77. The zero-order chi connectivity index (χ0) is 30.1. The molecule has 0 unspecified atom stereocenters. The van der Waals surface area contributed by atoms with Crippen LogP contribution in [0.15, 0.2) is 71.8 Å². The van der Waals surface area contributed by atoms with Crippen LogP contribution in [-0.4, -0.2) is 74.4 Å². The molecule has 2 heterocycles. The number of aliphatic hydroxyl groups is 1. The molecule has 1 aliphatic heterocycles. The Bertz CT molecular complexity index is 1710. The molecule has 1 amide bonds. The number of amides is 1. The summed E-state index contributed by atoms with van der Waals surface area (Å²) in [4.78, 5) is 17.8. The summed E-state index contributed by atoms with van der Waals surface area (Å²) in [5.41, 5.74) is 2.00. The molecule has 3 aromatic carbocycles. The van der Waals surface area contributed by atoms with Crippen LogP contribution in [0.2, 0.25) is 5.02 Å². The second kappa shape index (κ2) is 12.1. The highest BCUT2D eigenvalue weighted by atomic mass is 35.5. The van der Waals surface area contributed by atoms with Crippen molar-refractivity contribution >= 4 is 38.4 Å². The maximum Gasteiger partial charge on any atom is 0.255 e. The number of halogens is 1. The lowest BCUT2D eigenvalue weighted by atomic mass is 9.93. The first-order chi connectivity index (χ1) is 20.0. The van der Waals surface area contributed by atoms with Crippen molar-refractivity contribution in [1.29, 1.82) is 0 Å². The quantitative estimate of drug-likeness (QED) is 0.254. The number of carbonyl (C=O) groups is 1. The fourth-order valence-electron chi connectivity index (χ4n) is 5.08. The predicted molar refractivity (Wildman–Crippen MR) is 163 cm³/mol. The Morgan fingerprint density at radius 1 is 1.12 bits per heavy atom. The fraction of sp³-hybridized carbons (Fsp3) is 0.323. The van der Waals surface area contributed by atoms with Crippen molar-refractivity contribution in [3.63, 3.8) is 0 Å². The van der Waals surface area contributed by atoms with Crippen LogP contribution in [0, 0.1) is 0 Å². The van der Waals surface area contributed by atoms with E-state index in [1.807, 2.05) is 30.5 Å². The first kappa shape index (κ1) is 30.1. The second-order valence-corrected chi connectivity index (χ2v) is 12.9. The van der Waals surface area contributed by atoms with Crippen molar-refractivity contribution in [2.24, 2.45) is 0 Å². The third-order valence-electron chi connectivity index (χ3n) is 7.53. The molecule has 1 aliphatic rings. The molecule has 0 radical (unpaired) electrons. The molecule has 222 valence electrons. The van der Waals surface area contributed by atoms with E-state index < -0.39 is 21.7 Å². The van der Waals surface area contributed by atoms with Gasteiger partial charge in [0.1, 0.15) is 10.6 Å². The van der Waals surface area contributed by atoms with Crippen LogP contribution in [-0.2, 0) is 21.2 Å². The van der Waals surface area contributed by atoms with Crippen LogP contribution in [0.5, 0.6) is 5.75 Å². The van der Waals surface area contributed by atoms with E-state index in [2.05, 4.69) is 9.71 Å². The standard InChI is InChI=1S/C31H34ClN3O6S/c1-31(2,37)29(18-22-19-33-26-7-5-4-6-23(22)26)34-42(38,39)28-17-21(9-11-27(28)40-3)20-8-10-24(25(32)16-20)30(36)35-12-14-41-15-13-35/h4-11,16-17,19,29,33-34,37H,12-15,18H2,1-3H3/t29-/m1/s1. The number of morpholine rings is 1. The highest BCUT2D eigenvalue weighted by molar-refractivity contribution is 7.89. The van der Waals surface area contributed by atoms with Gasteiger partial charge >= 0.3 is 0 Å². The number of para-hydroxylation sites is 1. The van der Waals surface area contributed by atoms with Gasteiger partial charge in [0.05, 0.1) is 42.6 Å². The van der Waals surface area contributed by atoms with Gasteiger partial charge < -0.3 is 24.5 Å². The number of ether oxygens (including phenoxy) is 2. The largest absolute Gasteiger partial charge is 0.495 e. The molecular formula is C31H34ClN3O6S. The van der Waals surface area contributed by atoms with Gasteiger partial charge in [-0.25, -0.2) is 13.1 Å². The van der Waals surface area contributed by atoms with Gasteiger partial charge in [0.25, 0.3) is 5.91 Å². The lowest BCUT2D eigenvalue weighted by Crippen LogP contribution is -2.50. The van der Waals surface area contributed by atoms with E-state index in [-0.39, 0.29) is 28.0 Å². The van der Waals surface area contributed by atoms with Gasteiger partial charge in [-0.2, -0.15) is 0 Å². The van der Waals surface area contributed by atoms with Crippen molar-refractivity contribution in [2.45, 2.75) is 36.8 Å². The summed E-state index contributed by atoms with van der Waals surface area (Å²) >= 11 is 6.55. The molecule has 0 aliphatic carbocycles. The number of nitrogens with one attached hydrogen (secondary N) is 2. The van der Waals surface area contributed by atoms with Crippen molar-refractivity contribution < 1.29 is 27.8 Å². The van der Waals surface area contributed by atoms with Crippen molar-refractivity contribution in [1.82, 2.24) is 14.6 Å². The van der Waals surface area contributed by atoms with Crippen LogP contribution >= 0.6 is 11.6 Å². The highest BCUT2D eigenvalue weighted by Crippen LogP contribution is 2.33. The van der Waals surface area contributed by atoms with Crippen LogP contribution < -0.4 is 9.46 Å². The van der Waals surface area contributed by atoms with Gasteiger partial charge in [-0.1, -0.05) is 41.9 Å². The Morgan fingerprint density at radius 2 is 1.81 bits per heavy atom. The average Bonchev–Trinajstić information content (AvgIpc) is 3.38. The number of rotatable bonds is 9. The molecule has 3 N–H and O–H groups in total. The molecule has 42 heavy (non-hydrogen) atoms. The zero-order valence-corrected chi connectivity index (χ0v) is 25.3. The van der Waals surface area contributed by atoms with Gasteiger partial charge in [0.15, 0.2) is 0 Å². The summed E-state index contributed by atoms with van der Waals surface area (Å²) in [6.45, 7) is 5.10. The summed E-state index contributed by atoms with van der Waals surface area (Å²) in [6, 6.07) is 16.7. The number of methoxy groups -OCH3 is 1. The number of aromatic amines is 1. The van der Waals surface area contributed by atoms with Crippen LogP contribution in [0.1, 0.15) is 29.8 Å². The topological polar surface area (TPSA) is 121 Å². The van der Waals surface area contributed by atoms with Gasteiger partial charge in [0, 0.05) is 30.2 Å². The van der Waals surface area contributed by atoms with E-state index in [0.29, 0.717) is 43.0 Å². The van der Waals surface area contributed by atoms with Crippen LogP contribution in [0.3, 0.4) is 0 Å². The number of aromatic nitrogens is 1. The first-order valence-corrected chi connectivity index (χ1v) is 15.5. The Labute approximate surface area is 250 Å². The van der Waals surface area contributed by atoms with E-state index in [1.54, 1.807) is 49.1 Å². The third kappa shape index (κ3) is 6.33. The third-order valence-corrected chi connectivity index (χ3v) is 9.34. The van der Waals surface area contributed by atoms with E-state index in [4.69, 9.17) is 21.1 Å². The molecule has 4 aromatic rings. The highest BCUT2D eigenvalue weighted by Gasteiger charge is 2.33. The molecule has 5 rings (SSSR count). The van der Waals surface area contributed by atoms with Gasteiger partial charge in [-0.15, -0.1) is 0 Å². The second-order valence-electron chi connectivity index (χ2n) is 10.9. The number of H-pyrrole nitrogens is 1. The van der Waals surface area contributed by atoms with Crippen LogP contribution in [0.4, 0.5) is 0 Å². The number of benzene rings is 3. The fourth-order valence-corrected chi connectivity index (χ4v) is 6.91. The van der Waals surface area contributed by atoms with Crippen molar-refractivity contribution in [3.05, 3.63) is 83.0 Å². The van der Waals surface area contributed by atoms with E-state index in [0.717, 1.165) is 16.5 Å². The Kier molecular flexibility index (Phi) is 8.63. The minimum absolute atomic E-state index is 0.0831. The smallest absolute Gasteiger partial charge is 0.255 e. The first-order valence-electron chi connectivity index (χ1n) is 13.6. The number of carbonyl (C=O) groups excluding carboxylic acids is 1. The summed E-state index contributed by atoms with van der Waals surface area (Å²) < 4.78 is 41.1. The molecule has 1 saturated heterocycles. The maximum atomic E-state index is 13.8. The Hall–Kier alpha value is -3.41. The molecule has 0 spiro atoms. The van der Waals surface area contributed by atoms with Crippen LogP contribution in [0.25, 0.3) is 22.0 Å². The summed E-state index contributed by atoms with van der Waals surface area (Å²) in [5.74, 6) is -0.0250. The molecular weight excluding hydrogens is 578 g/mol. The monoisotopic (exact) mass is 611 g/mol. The SMILES string of the molecule is COc1ccc(-c2ccc(C(=O)N3CCOCC3)c(Cl)c2)cc1S(=O)(=O)N[C@H](Cc1c[nH]c2ccccc12)C(C)(C)O. The molecule has 1 fully saturated rings. The van der Waals surface area contributed by atoms with Gasteiger partial charge in [0.2, 0.25) is 10.0 Å². The minimum atomic E-state index is -4.17.